The van der Waals surface area contributed by atoms with Gasteiger partial charge in [-0.2, -0.15) is 0 Å². The van der Waals surface area contributed by atoms with E-state index in [0.29, 0.717) is 5.75 Å². The minimum absolute atomic E-state index is 0.0334. The predicted molar refractivity (Wildman–Crippen MR) is 97.8 cm³/mol. The van der Waals surface area contributed by atoms with E-state index >= 15 is 0 Å². The van der Waals surface area contributed by atoms with E-state index in [0.717, 1.165) is 0 Å². The number of carbonyl (C=O) groups is 2. The van der Waals surface area contributed by atoms with E-state index in [4.69, 9.17) is 14.2 Å². The van der Waals surface area contributed by atoms with Gasteiger partial charge in [0, 0.05) is 11.3 Å². The lowest BCUT2D eigenvalue weighted by Crippen LogP contribution is -2.27. The molecule has 0 aromatic heterocycles. The largest absolute Gasteiger partial charge is 0.494 e. The fourth-order valence-electron chi connectivity index (χ4n) is 2.37. The van der Waals surface area contributed by atoms with Gasteiger partial charge >= 0.3 is 12.1 Å². The van der Waals surface area contributed by atoms with Gasteiger partial charge in [-0.25, -0.2) is 14.0 Å². The Balaban J connectivity index is 2.37. The second-order valence-corrected chi connectivity index (χ2v) is 5.37. The second-order valence-electron chi connectivity index (χ2n) is 5.37. The summed E-state index contributed by atoms with van der Waals surface area (Å²) in [7, 11) is 1.32. The zero-order valence-electron chi connectivity index (χ0n) is 15.2. The molecule has 6 nitrogen and oxygen atoms in total. The number of esters is 1. The molecule has 0 unspecified atom stereocenters. The summed E-state index contributed by atoms with van der Waals surface area (Å²) in [5, 5.41) is 2.44. The molecule has 2 rings (SSSR count). The van der Waals surface area contributed by atoms with Gasteiger partial charge in [-0.05, 0) is 32.0 Å². The number of hydrogen-bond donors (Lipinski definition) is 1. The van der Waals surface area contributed by atoms with Gasteiger partial charge in [0.2, 0.25) is 0 Å². The SMILES string of the molecule is CCOC(=O)C(=C(C)NC(=O)Oc1ccccc1)c1cccc(OC)c1F. The third-order valence-electron chi connectivity index (χ3n) is 3.55. The van der Waals surface area contributed by atoms with E-state index < -0.39 is 17.9 Å². The van der Waals surface area contributed by atoms with Crippen LogP contribution in [0.5, 0.6) is 11.5 Å². The molecule has 0 saturated heterocycles. The van der Waals surface area contributed by atoms with Crippen molar-refractivity contribution in [1.82, 2.24) is 5.32 Å². The second kappa shape index (κ2) is 9.38. The maximum Gasteiger partial charge on any atom is 0.416 e. The summed E-state index contributed by atoms with van der Waals surface area (Å²) in [6.07, 6.45) is -0.816. The Bertz CT molecular complexity index is 849. The summed E-state index contributed by atoms with van der Waals surface area (Å²) in [4.78, 5) is 24.5. The highest BCUT2D eigenvalue weighted by Gasteiger charge is 2.23. The molecule has 1 amide bonds. The van der Waals surface area contributed by atoms with Gasteiger partial charge in [0.1, 0.15) is 5.75 Å². The monoisotopic (exact) mass is 373 g/mol. The van der Waals surface area contributed by atoms with Crippen molar-refractivity contribution in [1.29, 1.82) is 0 Å². The van der Waals surface area contributed by atoms with Crippen molar-refractivity contribution in [2.24, 2.45) is 0 Å². The van der Waals surface area contributed by atoms with Crippen molar-refractivity contribution < 1.29 is 28.2 Å². The number of methoxy groups -OCH3 is 1. The minimum Gasteiger partial charge on any atom is -0.494 e. The average molecular weight is 373 g/mol. The fourth-order valence-corrected chi connectivity index (χ4v) is 2.37. The van der Waals surface area contributed by atoms with Gasteiger partial charge in [-0.3, -0.25) is 5.32 Å². The van der Waals surface area contributed by atoms with Gasteiger partial charge in [0.25, 0.3) is 0 Å². The Labute approximate surface area is 156 Å². The third-order valence-corrected chi connectivity index (χ3v) is 3.55. The maximum absolute atomic E-state index is 14.7. The summed E-state index contributed by atoms with van der Waals surface area (Å²) in [6.45, 7) is 3.18. The van der Waals surface area contributed by atoms with Crippen molar-refractivity contribution in [2.45, 2.75) is 13.8 Å². The lowest BCUT2D eigenvalue weighted by molar-refractivity contribution is -0.136. The summed E-state index contributed by atoms with van der Waals surface area (Å²) in [6, 6.07) is 12.8. The molecule has 0 bridgehead atoms. The van der Waals surface area contributed by atoms with Crippen molar-refractivity contribution in [2.75, 3.05) is 13.7 Å². The lowest BCUT2D eigenvalue weighted by Gasteiger charge is -2.14. The molecule has 0 heterocycles. The molecule has 7 heteroatoms. The first-order valence-corrected chi connectivity index (χ1v) is 8.22. The number of ether oxygens (including phenoxy) is 3. The number of halogens is 1. The van der Waals surface area contributed by atoms with E-state index in [1.807, 2.05) is 0 Å². The zero-order chi connectivity index (χ0) is 19.8. The molecule has 0 atom stereocenters. The Morgan fingerprint density at radius 1 is 1.07 bits per heavy atom. The van der Waals surface area contributed by atoms with Crippen molar-refractivity contribution >= 4 is 17.6 Å². The van der Waals surface area contributed by atoms with Crippen LogP contribution in [-0.4, -0.2) is 25.8 Å². The molecular weight excluding hydrogens is 353 g/mol. The van der Waals surface area contributed by atoms with E-state index in [-0.39, 0.29) is 29.2 Å². The topological polar surface area (TPSA) is 73.9 Å². The molecule has 0 fully saturated rings. The number of nitrogens with one attached hydrogen (secondary N) is 1. The molecule has 27 heavy (non-hydrogen) atoms. The summed E-state index contributed by atoms with van der Waals surface area (Å²) >= 11 is 0. The number of rotatable bonds is 6. The Hall–Kier alpha value is -3.35. The first kappa shape index (κ1) is 20.0. The van der Waals surface area contributed by atoms with Crippen LogP contribution in [-0.2, 0) is 9.53 Å². The molecule has 2 aromatic carbocycles. The summed E-state index contributed by atoms with van der Waals surface area (Å²) < 4.78 is 29.8. The van der Waals surface area contributed by atoms with Crippen LogP contribution in [0.4, 0.5) is 9.18 Å². The van der Waals surface area contributed by atoms with E-state index in [1.165, 1.54) is 32.2 Å². The molecule has 2 aromatic rings. The Morgan fingerprint density at radius 2 is 1.78 bits per heavy atom. The smallest absolute Gasteiger partial charge is 0.416 e. The predicted octanol–water partition coefficient (Wildman–Crippen LogP) is 3.92. The molecule has 0 spiro atoms. The van der Waals surface area contributed by atoms with Crippen LogP contribution in [0.2, 0.25) is 0 Å². The van der Waals surface area contributed by atoms with Gasteiger partial charge in [-0.1, -0.05) is 30.3 Å². The van der Waals surface area contributed by atoms with E-state index in [1.54, 1.807) is 37.3 Å². The van der Waals surface area contributed by atoms with Crippen LogP contribution in [0.3, 0.4) is 0 Å². The molecule has 0 aliphatic carbocycles. The number of allylic oxidation sites excluding steroid dienone is 1. The highest BCUT2D eigenvalue weighted by Crippen LogP contribution is 2.28. The minimum atomic E-state index is -0.816. The van der Waals surface area contributed by atoms with Crippen LogP contribution in [0.15, 0.2) is 54.2 Å². The first-order chi connectivity index (χ1) is 13.0. The molecule has 0 saturated carbocycles. The van der Waals surface area contributed by atoms with Crippen LogP contribution >= 0.6 is 0 Å². The maximum atomic E-state index is 14.7. The summed E-state index contributed by atoms with van der Waals surface area (Å²) in [5.41, 5.74) is -0.0925. The average Bonchev–Trinajstić information content (AvgIpc) is 2.64. The quantitative estimate of drug-likeness (QED) is 0.614. The van der Waals surface area contributed by atoms with Gasteiger partial charge in [0.05, 0.1) is 19.3 Å². The number of carbonyl (C=O) groups excluding carboxylic acids is 2. The van der Waals surface area contributed by atoms with Crippen molar-refractivity contribution in [3.63, 3.8) is 0 Å². The number of benzene rings is 2. The highest BCUT2D eigenvalue weighted by molar-refractivity contribution is 6.17. The Morgan fingerprint density at radius 3 is 2.41 bits per heavy atom. The molecule has 142 valence electrons. The van der Waals surface area contributed by atoms with E-state index in [2.05, 4.69) is 5.32 Å². The molecule has 1 N–H and O–H groups in total. The van der Waals surface area contributed by atoms with Gasteiger partial charge in [0.15, 0.2) is 11.6 Å². The lowest BCUT2D eigenvalue weighted by atomic mass is 10.0. The first-order valence-electron chi connectivity index (χ1n) is 8.22. The van der Waals surface area contributed by atoms with Crippen molar-refractivity contribution in [3.8, 4) is 11.5 Å². The molecule has 0 radical (unpaired) electrons. The number of amides is 1. The fraction of sp³-hybridized carbons (Fsp3) is 0.200. The van der Waals surface area contributed by atoms with E-state index in [9.17, 15) is 14.0 Å². The zero-order valence-corrected chi connectivity index (χ0v) is 15.2. The molecular formula is C20H20FNO5. The van der Waals surface area contributed by atoms with Gasteiger partial charge in [-0.15, -0.1) is 0 Å². The normalized spacial score (nSPS) is 11.3. The molecule has 0 aliphatic rings. The Kier molecular flexibility index (Phi) is 6.93. The van der Waals surface area contributed by atoms with Gasteiger partial charge < -0.3 is 14.2 Å². The molecule has 0 aliphatic heterocycles. The third kappa shape index (κ3) is 5.07. The van der Waals surface area contributed by atoms with Crippen LogP contribution in [0, 0.1) is 5.82 Å². The number of para-hydroxylation sites is 1. The van der Waals surface area contributed by atoms with Crippen LogP contribution in [0.25, 0.3) is 5.57 Å². The van der Waals surface area contributed by atoms with Crippen LogP contribution < -0.4 is 14.8 Å². The number of hydrogen-bond acceptors (Lipinski definition) is 5. The van der Waals surface area contributed by atoms with Crippen molar-refractivity contribution in [3.05, 3.63) is 65.6 Å². The standard InChI is InChI=1S/C20H20FNO5/c1-4-26-19(23)17(15-11-8-12-16(25-3)18(15)21)13(2)22-20(24)27-14-9-6-5-7-10-14/h5-12H,4H2,1-3H3,(H,22,24). The highest BCUT2D eigenvalue weighted by atomic mass is 19.1. The summed E-state index contributed by atoms with van der Waals surface area (Å²) in [5.74, 6) is -1.22. The van der Waals surface area contributed by atoms with Crippen LogP contribution in [0.1, 0.15) is 19.4 Å².